The molecule has 0 bridgehead atoms. The van der Waals surface area contributed by atoms with Gasteiger partial charge in [0.15, 0.2) is 5.82 Å². The van der Waals surface area contributed by atoms with Crippen molar-refractivity contribution in [2.75, 3.05) is 0 Å². The molecule has 0 amide bonds. The molecule has 5 rings (SSSR count). The maximum Gasteiger partial charge on any atom is 0.416 e. The maximum atomic E-state index is 13.8. The molecule has 2 aromatic carbocycles. The molecule has 13 heteroatoms. The largest absolute Gasteiger partial charge is 0.493 e. The van der Waals surface area contributed by atoms with Gasteiger partial charge in [0.1, 0.15) is 0 Å². The van der Waals surface area contributed by atoms with Gasteiger partial charge in [-0.25, -0.2) is 0 Å². The number of benzene rings is 2. The van der Waals surface area contributed by atoms with Crippen molar-refractivity contribution in [3.05, 3.63) is 95.4 Å². The van der Waals surface area contributed by atoms with Gasteiger partial charge in [0.05, 0.1) is 28.6 Å². The van der Waals surface area contributed by atoms with Crippen molar-refractivity contribution < 1.29 is 22.8 Å². The van der Waals surface area contributed by atoms with E-state index in [0.717, 1.165) is 17.0 Å². The topological polar surface area (TPSA) is 106 Å². The summed E-state index contributed by atoms with van der Waals surface area (Å²) in [4.78, 5) is 16.1. The van der Waals surface area contributed by atoms with Crippen molar-refractivity contribution in [2.24, 2.45) is 10.2 Å². The third-order valence-electron chi connectivity index (χ3n) is 5.33. The van der Waals surface area contributed by atoms with E-state index < -0.39 is 22.5 Å². The van der Waals surface area contributed by atoms with Gasteiger partial charge in [-0.3, -0.25) is 9.36 Å². The van der Waals surface area contributed by atoms with Crippen LogP contribution in [0.5, 0.6) is 5.88 Å². The molecule has 4 aromatic rings. The lowest BCUT2D eigenvalue weighted by Crippen LogP contribution is -2.17. The fraction of sp³-hybridized carbons (Fsp3) is 0.136. The summed E-state index contributed by atoms with van der Waals surface area (Å²) in [5.74, 6) is -0.262. The van der Waals surface area contributed by atoms with E-state index in [1.54, 1.807) is 18.2 Å². The van der Waals surface area contributed by atoms with Crippen LogP contribution >= 0.6 is 22.9 Å². The van der Waals surface area contributed by atoms with Gasteiger partial charge in [-0.1, -0.05) is 40.2 Å². The predicted molar refractivity (Wildman–Crippen MR) is 121 cm³/mol. The minimum absolute atomic E-state index is 0.0586. The lowest BCUT2D eigenvalue weighted by atomic mass is 9.96. The quantitative estimate of drug-likeness (QED) is 0.436. The summed E-state index contributed by atoms with van der Waals surface area (Å²) in [6.07, 6.45) is -2.30. The zero-order chi connectivity index (χ0) is 24.7. The molecule has 35 heavy (non-hydrogen) atoms. The van der Waals surface area contributed by atoms with Crippen LogP contribution in [0.2, 0.25) is 5.02 Å². The second kappa shape index (κ2) is 8.78. The summed E-state index contributed by atoms with van der Waals surface area (Å²) in [5, 5.41) is 23.5. The highest BCUT2D eigenvalue weighted by atomic mass is 35.5. The van der Waals surface area contributed by atoms with E-state index in [4.69, 9.17) is 11.6 Å². The molecule has 0 spiro atoms. The average molecular weight is 520 g/mol. The summed E-state index contributed by atoms with van der Waals surface area (Å²) < 4.78 is 47.1. The second-order valence-electron chi connectivity index (χ2n) is 7.53. The molecule has 178 valence electrons. The Morgan fingerprint density at radius 1 is 1.20 bits per heavy atom. The normalized spacial score (nSPS) is 13.6. The summed E-state index contributed by atoms with van der Waals surface area (Å²) in [6, 6.07) is 8.52. The van der Waals surface area contributed by atoms with E-state index in [0.29, 0.717) is 33.0 Å². The summed E-state index contributed by atoms with van der Waals surface area (Å²) >= 11 is 6.55. The first kappa shape index (κ1) is 23.0. The monoisotopic (exact) mass is 519 g/mol. The smallest absolute Gasteiger partial charge is 0.416 e. The maximum absolute atomic E-state index is 13.8. The lowest BCUT2D eigenvalue weighted by molar-refractivity contribution is -0.138. The Labute approximate surface area is 203 Å². The molecule has 3 heterocycles. The number of hydrogen-bond acceptors (Lipinski definition) is 8. The van der Waals surface area contributed by atoms with Crippen LogP contribution in [0.15, 0.2) is 62.3 Å². The molecular weight excluding hydrogens is 507 g/mol. The Morgan fingerprint density at radius 3 is 2.77 bits per heavy atom. The van der Waals surface area contributed by atoms with Gasteiger partial charge in [-0.2, -0.15) is 28.4 Å². The van der Waals surface area contributed by atoms with E-state index >= 15 is 0 Å². The van der Waals surface area contributed by atoms with Crippen LogP contribution in [-0.4, -0.2) is 26.0 Å². The Bertz CT molecular complexity index is 1640. The van der Waals surface area contributed by atoms with Crippen LogP contribution in [0, 0.1) is 0 Å². The van der Waals surface area contributed by atoms with Gasteiger partial charge in [0.2, 0.25) is 12.3 Å². The van der Waals surface area contributed by atoms with Gasteiger partial charge in [-0.05, 0) is 40.6 Å². The summed E-state index contributed by atoms with van der Waals surface area (Å²) in [6.45, 7) is -0.171. The molecule has 8 nitrogen and oxygen atoms in total. The van der Waals surface area contributed by atoms with E-state index in [1.807, 2.05) is 0 Å². The zero-order valence-electron chi connectivity index (χ0n) is 17.5. The summed E-state index contributed by atoms with van der Waals surface area (Å²) in [7, 11) is 0. The minimum Gasteiger partial charge on any atom is -0.493 e. The van der Waals surface area contributed by atoms with Crippen LogP contribution in [0.4, 0.5) is 13.2 Å². The fourth-order valence-corrected chi connectivity index (χ4v) is 4.82. The molecule has 0 fully saturated rings. The molecule has 2 aromatic heterocycles. The molecule has 0 radical (unpaired) electrons. The Morgan fingerprint density at radius 2 is 2.03 bits per heavy atom. The Balaban J connectivity index is 1.71. The number of aromatic nitrogens is 3. The number of hydrogen-bond donors (Lipinski definition) is 1. The molecule has 1 N–H and O–H groups in total. The fourth-order valence-electron chi connectivity index (χ4n) is 3.70. The van der Waals surface area contributed by atoms with Crippen molar-refractivity contribution in [3.63, 3.8) is 0 Å². The van der Waals surface area contributed by atoms with Crippen LogP contribution in [-0.2, 0) is 19.1 Å². The first-order valence-corrected chi connectivity index (χ1v) is 11.2. The van der Waals surface area contributed by atoms with E-state index in [9.17, 15) is 23.1 Å². The van der Waals surface area contributed by atoms with Crippen LogP contribution < -0.4 is 15.4 Å². The summed E-state index contributed by atoms with van der Waals surface area (Å²) in [5.41, 5.74) is -0.00314. The number of rotatable bonds is 5. The molecule has 0 aliphatic carbocycles. The number of fused-ring (bicyclic) bond motifs is 1. The molecule has 0 atom stereocenters. The van der Waals surface area contributed by atoms with Crippen molar-refractivity contribution in [1.29, 1.82) is 0 Å². The number of thiazole rings is 1. The number of alkyl halides is 3. The van der Waals surface area contributed by atoms with Gasteiger partial charge < -0.3 is 9.63 Å². The van der Waals surface area contributed by atoms with Crippen molar-refractivity contribution in [2.45, 2.75) is 19.1 Å². The van der Waals surface area contributed by atoms with E-state index in [-0.39, 0.29) is 34.3 Å². The van der Waals surface area contributed by atoms with E-state index in [1.165, 1.54) is 18.3 Å². The molecule has 0 saturated heterocycles. The van der Waals surface area contributed by atoms with Crippen LogP contribution in [0.25, 0.3) is 5.57 Å². The first-order chi connectivity index (χ1) is 16.7. The van der Waals surface area contributed by atoms with Crippen LogP contribution in [0.3, 0.4) is 0 Å². The Hall–Kier alpha value is -3.77. The van der Waals surface area contributed by atoms with Crippen LogP contribution in [0.1, 0.15) is 27.4 Å². The highest BCUT2D eigenvalue weighted by Gasteiger charge is 2.34. The molecule has 0 saturated carbocycles. The number of aromatic hydroxyl groups is 1. The van der Waals surface area contributed by atoms with E-state index in [2.05, 4.69) is 24.9 Å². The number of halogens is 4. The number of nitrogens with zero attached hydrogens (tertiary/aromatic N) is 5. The van der Waals surface area contributed by atoms with Gasteiger partial charge in [-0.15, -0.1) is 0 Å². The van der Waals surface area contributed by atoms with Crippen molar-refractivity contribution in [3.8, 4) is 5.88 Å². The highest BCUT2D eigenvalue weighted by Crippen LogP contribution is 2.37. The first-order valence-electron chi connectivity index (χ1n) is 9.99. The van der Waals surface area contributed by atoms with Gasteiger partial charge in [0.25, 0.3) is 0 Å². The molecule has 1 aliphatic heterocycles. The van der Waals surface area contributed by atoms with Gasteiger partial charge in [0, 0.05) is 17.0 Å². The lowest BCUT2D eigenvalue weighted by Gasteiger charge is -2.15. The second-order valence-corrected chi connectivity index (χ2v) is 8.93. The zero-order valence-corrected chi connectivity index (χ0v) is 19.0. The van der Waals surface area contributed by atoms with Crippen molar-refractivity contribution >= 4 is 34.7 Å². The highest BCUT2D eigenvalue weighted by molar-refractivity contribution is 7.10. The minimum atomic E-state index is -4.66. The standard InChI is InChI=1S/C22H13ClF3N5O3S/c23-14-3-1-12(16(7-14)22(24,25)26)6-15(11-2-4-17-13(5-11)8-28-29-17)19-20(32)31(21(33)35-19)9-18-27-10-34-30-18/h1-5,7-8,10,32H,6,9H2. The molecule has 1 aliphatic rings. The SMILES string of the molecule is O=c1sc(C(Cc2ccc(Cl)cc2C(F)(F)F)=c2ccc3c(c2)C=NN=3)c(O)n1Cc1ncon1. The molecular formula is C22H13ClF3N5O3S. The van der Waals surface area contributed by atoms with Crippen molar-refractivity contribution in [1.82, 2.24) is 14.7 Å². The third-order valence-corrected chi connectivity index (χ3v) is 6.60. The van der Waals surface area contributed by atoms with Gasteiger partial charge >= 0.3 is 11.0 Å². The molecule has 0 unspecified atom stereocenters. The average Bonchev–Trinajstić information content (AvgIpc) is 3.55. The third kappa shape index (κ3) is 4.49. The Kier molecular flexibility index (Phi) is 5.77. The predicted octanol–water partition coefficient (Wildman–Crippen LogP) is 3.13.